The highest BCUT2D eigenvalue weighted by Gasteiger charge is 2.41. The maximum atomic E-state index is 10.6. The van der Waals surface area contributed by atoms with Crippen LogP contribution in [0.2, 0.25) is 0 Å². The van der Waals surface area contributed by atoms with E-state index in [1.54, 1.807) is 0 Å². The van der Waals surface area contributed by atoms with Crippen LogP contribution in [0.15, 0.2) is 24.7 Å². The maximum absolute atomic E-state index is 10.6. The van der Waals surface area contributed by atoms with Crippen molar-refractivity contribution in [1.29, 1.82) is 0 Å². The van der Waals surface area contributed by atoms with Gasteiger partial charge in [0.1, 0.15) is 11.6 Å². The van der Waals surface area contributed by atoms with E-state index in [1.165, 1.54) is 0 Å². The molecule has 10 nitrogen and oxygen atoms in total. The van der Waals surface area contributed by atoms with Gasteiger partial charge in [-0.2, -0.15) is 18.2 Å². The van der Waals surface area contributed by atoms with Crippen LogP contribution in [-0.4, -0.2) is 94.2 Å². The van der Waals surface area contributed by atoms with Crippen LogP contribution in [-0.2, 0) is 23.1 Å². The second-order valence-electron chi connectivity index (χ2n) is 7.73. The fourth-order valence-corrected chi connectivity index (χ4v) is 3.64. The first-order chi connectivity index (χ1) is 15.1. The van der Waals surface area contributed by atoms with Gasteiger partial charge in [-0.25, -0.2) is 14.8 Å². The summed E-state index contributed by atoms with van der Waals surface area (Å²) < 4.78 is 39.9. The molecule has 176 valence electrons. The quantitative estimate of drug-likeness (QED) is 0.721. The Morgan fingerprint density at radius 2 is 2.00 bits per heavy atom. The van der Waals surface area contributed by atoms with E-state index in [2.05, 4.69) is 24.3 Å². The van der Waals surface area contributed by atoms with Crippen molar-refractivity contribution in [3.05, 3.63) is 30.5 Å². The Balaban J connectivity index is 0.000000360. The first kappa shape index (κ1) is 23.7. The van der Waals surface area contributed by atoms with Crippen LogP contribution in [0, 0.1) is 0 Å². The van der Waals surface area contributed by atoms with E-state index in [0.29, 0.717) is 6.04 Å². The molecule has 2 saturated heterocycles. The van der Waals surface area contributed by atoms with E-state index < -0.39 is 12.1 Å². The lowest BCUT2D eigenvalue weighted by Crippen LogP contribution is -2.51. The molecule has 0 aliphatic carbocycles. The van der Waals surface area contributed by atoms with Gasteiger partial charge < -0.3 is 24.2 Å². The fraction of sp³-hybridized carbons (Fsp3) is 0.579. The summed E-state index contributed by atoms with van der Waals surface area (Å²) in [5.41, 5.74) is 0. The number of imidazole rings is 1. The first-order valence-electron chi connectivity index (χ1n) is 9.93. The molecule has 0 radical (unpaired) electrons. The number of nitrogens with zero attached hydrogens (tertiary/aromatic N) is 7. The Hall–Kier alpha value is -2.93. The van der Waals surface area contributed by atoms with Gasteiger partial charge in [-0.05, 0) is 6.07 Å². The number of ether oxygens (including phenoxy) is 1. The van der Waals surface area contributed by atoms with Gasteiger partial charge in [-0.15, -0.1) is 0 Å². The Labute approximate surface area is 183 Å². The molecule has 2 aliphatic heterocycles. The monoisotopic (exact) mass is 457 g/mol. The summed E-state index contributed by atoms with van der Waals surface area (Å²) in [7, 11) is 5.97. The van der Waals surface area contributed by atoms with E-state index in [1.807, 2.05) is 50.7 Å². The van der Waals surface area contributed by atoms with E-state index in [-0.39, 0.29) is 6.10 Å². The maximum Gasteiger partial charge on any atom is 0.490 e. The third kappa shape index (κ3) is 5.65. The van der Waals surface area contributed by atoms with Gasteiger partial charge in [-0.3, -0.25) is 4.90 Å². The standard InChI is InChI=1S/C17H25N7O.C2HF3O2/c1-21(2)17-19-5-4-15(20-17)24-8-9-25-14-11-23(10-13(14)24)12-16-18-6-7-22(16)3;3-2(4,5)1(6)7/h4-7,13-14H,8-12H2,1-3H3;(H,6,7)/t13-,14+;/m1./s1. The number of rotatable bonds is 4. The second kappa shape index (κ2) is 9.69. The van der Waals surface area contributed by atoms with Crippen LogP contribution in [0.3, 0.4) is 0 Å². The Morgan fingerprint density at radius 1 is 1.28 bits per heavy atom. The van der Waals surface area contributed by atoms with Crippen LogP contribution in [0.1, 0.15) is 5.82 Å². The summed E-state index contributed by atoms with van der Waals surface area (Å²) in [6.45, 7) is 4.33. The fourth-order valence-electron chi connectivity index (χ4n) is 3.64. The average Bonchev–Trinajstić information content (AvgIpc) is 3.33. The highest BCUT2D eigenvalue weighted by atomic mass is 19.4. The molecule has 2 aromatic rings. The summed E-state index contributed by atoms with van der Waals surface area (Å²) in [6, 6.07) is 2.32. The van der Waals surface area contributed by atoms with E-state index >= 15 is 0 Å². The zero-order valence-corrected chi connectivity index (χ0v) is 18.0. The van der Waals surface area contributed by atoms with Crippen LogP contribution in [0.5, 0.6) is 0 Å². The lowest BCUT2D eigenvalue weighted by Gasteiger charge is -2.37. The molecule has 2 aliphatic rings. The van der Waals surface area contributed by atoms with Gasteiger partial charge in [-0.1, -0.05) is 0 Å². The number of anilines is 2. The van der Waals surface area contributed by atoms with Crippen molar-refractivity contribution < 1.29 is 27.8 Å². The molecule has 1 N–H and O–H groups in total. The van der Waals surface area contributed by atoms with Crippen LogP contribution in [0.4, 0.5) is 24.9 Å². The highest BCUT2D eigenvalue weighted by molar-refractivity contribution is 5.73. The minimum absolute atomic E-state index is 0.215. The van der Waals surface area contributed by atoms with Crippen molar-refractivity contribution in [2.75, 3.05) is 50.1 Å². The predicted molar refractivity (Wildman–Crippen MR) is 109 cm³/mol. The number of hydrogen-bond acceptors (Lipinski definition) is 8. The van der Waals surface area contributed by atoms with Crippen molar-refractivity contribution in [3.8, 4) is 0 Å². The largest absolute Gasteiger partial charge is 0.490 e. The number of alkyl halides is 3. The molecular weight excluding hydrogens is 431 g/mol. The van der Waals surface area contributed by atoms with Crippen molar-refractivity contribution in [2.24, 2.45) is 7.05 Å². The van der Waals surface area contributed by atoms with Crippen molar-refractivity contribution in [2.45, 2.75) is 24.9 Å². The molecular formula is C19H26F3N7O3. The Bertz CT molecular complexity index is 922. The van der Waals surface area contributed by atoms with E-state index in [4.69, 9.17) is 19.6 Å². The number of aryl methyl sites for hydroxylation is 1. The molecule has 0 spiro atoms. The van der Waals surface area contributed by atoms with E-state index in [0.717, 1.165) is 50.4 Å². The number of aliphatic carboxylic acids is 1. The molecule has 0 saturated carbocycles. The van der Waals surface area contributed by atoms with Gasteiger partial charge in [0.2, 0.25) is 5.95 Å². The lowest BCUT2D eigenvalue weighted by molar-refractivity contribution is -0.192. The van der Waals surface area contributed by atoms with Crippen LogP contribution in [0.25, 0.3) is 0 Å². The Kier molecular flexibility index (Phi) is 7.19. The summed E-state index contributed by atoms with van der Waals surface area (Å²) in [4.78, 5) is 29.1. The summed E-state index contributed by atoms with van der Waals surface area (Å²) >= 11 is 0. The van der Waals surface area contributed by atoms with Crippen LogP contribution < -0.4 is 9.80 Å². The third-order valence-corrected chi connectivity index (χ3v) is 5.23. The summed E-state index contributed by atoms with van der Waals surface area (Å²) in [6.07, 6.45) is 0.810. The smallest absolute Gasteiger partial charge is 0.475 e. The number of morpholine rings is 1. The number of carbonyl (C=O) groups is 1. The second-order valence-corrected chi connectivity index (χ2v) is 7.73. The van der Waals surface area contributed by atoms with Crippen molar-refractivity contribution in [1.82, 2.24) is 24.4 Å². The number of halogens is 3. The third-order valence-electron chi connectivity index (χ3n) is 5.23. The minimum Gasteiger partial charge on any atom is -0.475 e. The molecule has 0 bridgehead atoms. The SMILES string of the molecule is CN(C)c1nccc(N2CCO[C@H]3CN(Cc4nccn4C)C[C@H]32)n1.O=C(O)C(F)(F)F. The molecule has 13 heteroatoms. The number of likely N-dealkylation sites (tertiary alicyclic amines) is 1. The first-order valence-corrected chi connectivity index (χ1v) is 9.93. The predicted octanol–water partition coefficient (Wildman–Crippen LogP) is 0.999. The summed E-state index contributed by atoms with van der Waals surface area (Å²) in [5.74, 6) is 0.0499. The van der Waals surface area contributed by atoms with Gasteiger partial charge in [0, 0.05) is 59.4 Å². The van der Waals surface area contributed by atoms with Crippen molar-refractivity contribution >= 4 is 17.7 Å². The molecule has 32 heavy (non-hydrogen) atoms. The molecule has 0 aromatic carbocycles. The number of aromatic nitrogens is 4. The molecule has 2 atom stereocenters. The zero-order chi connectivity index (χ0) is 23.5. The van der Waals surface area contributed by atoms with Crippen molar-refractivity contribution in [3.63, 3.8) is 0 Å². The van der Waals surface area contributed by atoms with E-state index in [9.17, 15) is 13.2 Å². The van der Waals surface area contributed by atoms with Gasteiger partial charge >= 0.3 is 12.1 Å². The number of carboxylic acids is 1. The Morgan fingerprint density at radius 3 is 2.59 bits per heavy atom. The summed E-state index contributed by atoms with van der Waals surface area (Å²) in [5, 5.41) is 7.12. The zero-order valence-electron chi connectivity index (χ0n) is 18.0. The number of carboxylic acid groups (broad SMARTS) is 1. The average molecular weight is 457 g/mol. The topological polar surface area (TPSA) is 99.9 Å². The van der Waals surface area contributed by atoms with Gasteiger partial charge in [0.05, 0.1) is 25.3 Å². The van der Waals surface area contributed by atoms with Gasteiger partial charge in [0.15, 0.2) is 0 Å². The number of fused-ring (bicyclic) bond motifs is 1. The highest BCUT2D eigenvalue weighted by Crippen LogP contribution is 2.28. The minimum atomic E-state index is -5.08. The molecule has 4 rings (SSSR count). The molecule has 4 heterocycles. The molecule has 0 unspecified atom stereocenters. The normalized spacial score (nSPS) is 21.0. The van der Waals surface area contributed by atoms with Crippen LogP contribution >= 0.6 is 0 Å². The molecule has 2 aromatic heterocycles. The number of hydrogen-bond donors (Lipinski definition) is 1. The molecule has 0 amide bonds. The molecule has 2 fully saturated rings. The van der Waals surface area contributed by atoms with Gasteiger partial charge in [0.25, 0.3) is 0 Å². The lowest BCUT2D eigenvalue weighted by atomic mass is 10.1.